The molecule has 1 saturated carbocycles. The molecule has 2 aliphatic rings. The minimum atomic E-state index is -0.178. The standard InChI is InChI=1S/C22H28N4O2/c1-25(17-6-2-3-7-17)21-9-5-4-8-19(21)24-22(27)20-16-18(10-11-23-20)26-12-14-28-15-13-26/h4-5,8-11,16-17H,2-3,6-7,12-15H2,1H3,(H,24,27). The first kappa shape index (κ1) is 18.7. The van der Waals surface area contributed by atoms with E-state index in [0.717, 1.165) is 30.2 Å². The van der Waals surface area contributed by atoms with Gasteiger partial charge in [0.15, 0.2) is 0 Å². The molecule has 0 unspecified atom stereocenters. The predicted octanol–water partition coefficient (Wildman–Crippen LogP) is 3.55. The number of morpholine rings is 1. The largest absolute Gasteiger partial charge is 0.378 e. The molecule has 2 aromatic rings. The average Bonchev–Trinajstić information content (AvgIpc) is 3.29. The fourth-order valence-electron chi connectivity index (χ4n) is 4.12. The number of aromatic nitrogens is 1. The van der Waals surface area contributed by atoms with Crippen molar-refractivity contribution in [3.63, 3.8) is 0 Å². The number of carbonyl (C=O) groups is 1. The van der Waals surface area contributed by atoms with Crippen LogP contribution in [-0.4, -0.2) is 50.3 Å². The normalized spacial score (nSPS) is 17.5. The van der Waals surface area contributed by atoms with Gasteiger partial charge in [0.05, 0.1) is 24.6 Å². The van der Waals surface area contributed by atoms with E-state index in [1.807, 2.05) is 30.3 Å². The first-order chi connectivity index (χ1) is 13.7. The molecule has 1 N–H and O–H groups in total. The number of rotatable bonds is 5. The van der Waals surface area contributed by atoms with Gasteiger partial charge in [-0.15, -0.1) is 0 Å². The number of anilines is 3. The Labute approximate surface area is 166 Å². The van der Waals surface area contributed by atoms with Crippen LogP contribution in [0.4, 0.5) is 17.1 Å². The predicted molar refractivity (Wildman–Crippen MR) is 112 cm³/mol. The van der Waals surface area contributed by atoms with Crippen LogP contribution in [0.2, 0.25) is 0 Å². The van der Waals surface area contributed by atoms with Crippen molar-refractivity contribution in [1.82, 2.24) is 4.98 Å². The molecule has 1 aromatic carbocycles. The Balaban J connectivity index is 1.51. The smallest absolute Gasteiger partial charge is 0.274 e. The van der Waals surface area contributed by atoms with Gasteiger partial charge in [-0.25, -0.2) is 0 Å². The molecule has 0 spiro atoms. The molecule has 1 aliphatic heterocycles. The molecule has 1 aliphatic carbocycles. The fraction of sp³-hybridized carbons (Fsp3) is 0.455. The lowest BCUT2D eigenvalue weighted by Crippen LogP contribution is -2.36. The highest BCUT2D eigenvalue weighted by molar-refractivity contribution is 6.05. The molecule has 1 amide bonds. The molecule has 2 fully saturated rings. The van der Waals surface area contributed by atoms with Crippen LogP contribution in [0.15, 0.2) is 42.6 Å². The number of hydrogen-bond acceptors (Lipinski definition) is 5. The molecule has 1 saturated heterocycles. The van der Waals surface area contributed by atoms with Crippen molar-refractivity contribution in [2.45, 2.75) is 31.7 Å². The van der Waals surface area contributed by atoms with Gasteiger partial charge in [-0.05, 0) is 37.1 Å². The SMILES string of the molecule is CN(c1ccccc1NC(=O)c1cc(N2CCOCC2)ccn1)C1CCCC1. The second kappa shape index (κ2) is 8.61. The molecule has 2 heterocycles. The molecular weight excluding hydrogens is 352 g/mol. The second-order valence-electron chi connectivity index (χ2n) is 7.52. The van der Waals surface area contributed by atoms with E-state index in [1.165, 1.54) is 25.7 Å². The summed E-state index contributed by atoms with van der Waals surface area (Å²) in [4.78, 5) is 21.7. The molecule has 6 heteroatoms. The number of hydrogen-bond donors (Lipinski definition) is 1. The lowest BCUT2D eigenvalue weighted by molar-refractivity contribution is 0.102. The first-order valence-electron chi connectivity index (χ1n) is 10.1. The van der Waals surface area contributed by atoms with E-state index in [2.05, 4.69) is 33.2 Å². The number of carbonyl (C=O) groups excluding carboxylic acids is 1. The highest BCUT2D eigenvalue weighted by atomic mass is 16.5. The van der Waals surface area contributed by atoms with Crippen LogP contribution in [-0.2, 0) is 4.74 Å². The fourth-order valence-corrected chi connectivity index (χ4v) is 4.12. The third kappa shape index (κ3) is 4.12. The Morgan fingerprint density at radius 1 is 1.18 bits per heavy atom. The molecule has 1 aromatic heterocycles. The van der Waals surface area contributed by atoms with E-state index in [1.54, 1.807) is 6.20 Å². The van der Waals surface area contributed by atoms with Gasteiger partial charge in [0.25, 0.3) is 5.91 Å². The molecule has 4 rings (SSSR count). The number of nitrogens with one attached hydrogen (secondary N) is 1. The Kier molecular flexibility index (Phi) is 5.76. The van der Waals surface area contributed by atoms with Crippen LogP contribution in [0.1, 0.15) is 36.2 Å². The Bertz CT molecular complexity index is 814. The third-order valence-electron chi connectivity index (χ3n) is 5.76. The van der Waals surface area contributed by atoms with Gasteiger partial charge in [0.1, 0.15) is 5.69 Å². The Morgan fingerprint density at radius 3 is 2.71 bits per heavy atom. The highest BCUT2D eigenvalue weighted by Crippen LogP contribution is 2.32. The van der Waals surface area contributed by atoms with Gasteiger partial charge in [-0.2, -0.15) is 0 Å². The number of pyridine rings is 1. The van der Waals surface area contributed by atoms with Crippen LogP contribution >= 0.6 is 0 Å². The van der Waals surface area contributed by atoms with E-state index in [0.29, 0.717) is 24.9 Å². The summed E-state index contributed by atoms with van der Waals surface area (Å²) in [7, 11) is 2.12. The lowest BCUT2D eigenvalue weighted by atomic mass is 10.1. The van der Waals surface area contributed by atoms with Gasteiger partial charge in [-0.1, -0.05) is 25.0 Å². The van der Waals surface area contributed by atoms with Gasteiger partial charge in [0, 0.05) is 38.1 Å². The topological polar surface area (TPSA) is 57.7 Å². The summed E-state index contributed by atoms with van der Waals surface area (Å²) in [5.41, 5.74) is 3.34. The molecule has 6 nitrogen and oxygen atoms in total. The van der Waals surface area contributed by atoms with Crippen LogP contribution < -0.4 is 15.1 Å². The first-order valence-corrected chi connectivity index (χ1v) is 10.1. The molecule has 0 atom stereocenters. The van der Waals surface area contributed by atoms with Crippen molar-refractivity contribution in [2.75, 3.05) is 48.5 Å². The summed E-state index contributed by atoms with van der Waals surface area (Å²) in [6.07, 6.45) is 6.68. The molecule has 148 valence electrons. The number of ether oxygens (including phenoxy) is 1. The summed E-state index contributed by atoms with van der Waals surface area (Å²) in [5, 5.41) is 3.08. The van der Waals surface area contributed by atoms with Crippen LogP contribution in [0.3, 0.4) is 0 Å². The number of amides is 1. The zero-order valence-electron chi connectivity index (χ0n) is 16.4. The molecular formula is C22H28N4O2. The highest BCUT2D eigenvalue weighted by Gasteiger charge is 2.22. The monoisotopic (exact) mass is 380 g/mol. The molecule has 0 radical (unpaired) electrons. The third-order valence-corrected chi connectivity index (χ3v) is 5.76. The minimum absolute atomic E-state index is 0.178. The number of benzene rings is 1. The van der Waals surface area contributed by atoms with Gasteiger partial charge < -0.3 is 19.9 Å². The molecule has 0 bridgehead atoms. The summed E-state index contributed by atoms with van der Waals surface area (Å²) in [6.45, 7) is 3.09. The maximum absolute atomic E-state index is 12.9. The zero-order chi connectivity index (χ0) is 19.3. The van der Waals surface area contributed by atoms with Crippen molar-refractivity contribution >= 4 is 23.0 Å². The van der Waals surface area contributed by atoms with Crippen molar-refractivity contribution in [3.05, 3.63) is 48.3 Å². The van der Waals surface area contributed by atoms with Crippen LogP contribution in [0.25, 0.3) is 0 Å². The summed E-state index contributed by atoms with van der Waals surface area (Å²) in [6, 6.07) is 12.4. The maximum Gasteiger partial charge on any atom is 0.274 e. The van der Waals surface area contributed by atoms with Gasteiger partial charge in [0.2, 0.25) is 0 Å². The van der Waals surface area contributed by atoms with Gasteiger partial charge in [-0.3, -0.25) is 9.78 Å². The van der Waals surface area contributed by atoms with Crippen LogP contribution in [0, 0.1) is 0 Å². The maximum atomic E-state index is 12.9. The van der Waals surface area contributed by atoms with Crippen molar-refractivity contribution in [2.24, 2.45) is 0 Å². The van der Waals surface area contributed by atoms with Crippen molar-refractivity contribution in [1.29, 1.82) is 0 Å². The van der Waals surface area contributed by atoms with Crippen LogP contribution in [0.5, 0.6) is 0 Å². The van der Waals surface area contributed by atoms with Gasteiger partial charge >= 0.3 is 0 Å². The van der Waals surface area contributed by atoms with E-state index in [-0.39, 0.29) is 5.91 Å². The summed E-state index contributed by atoms with van der Waals surface area (Å²) < 4.78 is 5.41. The minimum Gasteiger partial charge on any atom is -0.378 e. The van der Waals surface area contributed by atoms with Crippen molar-refractivity contribution in [3.8, 4) is 0 Å². The van der Waals surface area contributed by atoms with E-state index >= 15 is 0 Å². The Hall–Kier alpha value is -2.60. The quantitative estimate of drug-likeness (QED) is 0.860. The number of nitrogens with zero attached hydrogens (tertiary/aromatic N) is 3. The zero-order valence-corrected chi connectivity index (χ0v) is 16.4. The van der Waals surface area contributed by atoms with E-state index in [4.69, 9.17) is 4.74 Å². The molecule has 28 heavy (non-hydrogen) atoms. The lowest BCUT2D eigenvalue weighted by Gasteiger charge is -2.29. The average molecular weight is 380 g/mol. The van der Waals surface area contributed by atoms with E-state index in [9.17, 15) is 4.79 Å². The summed E-state index contributed by atoms with van der Waals surface area (Å²) in [5.74, 6) is -0.178. The second-order valence-corrected chi connectivity index (χ2v) is 7.52. The Morgan fingerprint density at radius 2 is 1.93 bits per heavy atom. The summed E-state index contributed by atoms with van der Waals surface area (Å²) >= 11 is 0. The van der Waals surface area contributed by atoms with E-state index < -0.39 is 0 Å². The van der Waals surface area contributed by atoms with Crippen molar-refractivity contribution < 1.29 is 9.53 Å². The number of para-hydroxylation sites is 2.